The SMILES string of the molecule is CN(C)c1ccc(CNC(=O)CCC(=O)c2ccc(Cl)s2)cc1. The summed E-state index contributed by atoms with van der Waals surface area (Å²) < 4.78 is 0.582. The summed E-state index contributed by atoms with van der Waals surface area (Å²) >= 11 is 7.04. The van der Waals surface area contributed by atoms with Crippen LogP contribution in [0.15, 0.2) is 36.4 Å². The molecule has 2 aromatic rings. The predicted octanol–water partition coefficient (Wildman–Crippen LogP) is 3.75. The first-order chi connectivity index (χ1) is 11.0. The quantitative estimate of drug-likeness (QED) is 0.774. The standard InChI is InChI=1S/C17H19ClN2O2S/c1-20(2)13-5-3-12(4-6-13)11-19-17(22)10-7-14(21)15-8-9-16(18)23-15/h3-6,8-9H,7,10-11H2,1-2H3,(H,19,22). The number of benzene rings is 1. The Bertz CT molecular complexity index is 680. The normalized spacial score (nSPS) is 10.4. The molecule has 122 valence electrons. The second kappa shape index (κ2) is 8.13. The average Bonchev–Trinajstić information content (AvgIpc) is 2.97. The van der Waals surface area contributed by atoms with E-state index in [0.717, 1.165) is 11.3 Å². The van der Waals surface area contributed by atoms with Gasteiger partial charge in [-0.05, 0) is 29.8 Å². The molecule has 1 heterocycles. The van der Waals surface area contributed by atoms with Crippen LogP contribution in [0.5, 0.6) is 0 Å². The molecule has 0 bridgehead atoms. The Morgan fingerprint density at radius 1 is 1.09 bits per heavy atom. The molecule has 0 aliphatic rings. The number of nitrogens with one attached hydrogen (secondary N) is 1. The first-order valence-corrected chi connectivity index (χ1v) is 8.46. The molecule has 1 aromatic carbocycles. The fourth-order valence-corrected chi connectivity index (χ4v) is 3.03. The number of hydrogen-bond donors (Lipinski definition) is 1. The smallest absolute Gasteiger partial charge is 0.220 e. The van der Waals surface area contributed by atoms with E-state index in [1.54, 1.807) is 12.1 Å². The molecule has 1 N–H and O–H groups in total. The van der Waals surface area contributed by atoms with E-state index in [-0.39, 0.29) is 24.5 Å². The predicted molar refractivity (Wildman–Crippen MR) is 95.5 cm³/mol. The zero-order valence-corrected chi connectivity index (χ0v) is 14.7. The van der Waals surface area contributed by atoms with Gasteiger partial charge in [0, 0.05) is 39.2 Å². The van der Waals surface area contributed by atoms with Gasteiger partial charge in [0.15, 0.2) is 5.78 Å². The lowest BCUT2D eigenvalue weighted by molar-refractivity contribution is -0.121. The van der Waals surface area contributed by atoms with Crippen LogP contribution in [-0.2, 0) is 11.3 Å². The van der Waals surface area contributed by atoms with Crippen molar-refractivity contribution in [2.45, 2.75) is 19.4 Å². The molecule has 0 radical (unpaired) electrons. The van der Waals surface area contributed by atoms with Gasteiger partial charge in [0.05, 0.1) is 9.21 Å². The topological polar surface area (TPSA) is 49.4 Å². The molecule has 0 saturated carbocycles. The highest BCUT2D eigenvalue weighted by Gasteiger charge is 2.11. The summed E-state index contributed by atoms with van der Waals surface area (Å²) in [7, 11) is 3.96. The van der Waals surface area contributed by atoms with Gasteiger partial charge < -0.3 is 10.2 Å². The molecule has 0 fully saturated rings. The Balaban J connectivity index is 1.75. The Labute approximate surface area is 145 Å². The maximum Gasteiger partial charge on any atom is 0.220 e. The summed E-state index contributed by atoms with van der Waals surface area (Å²) in [5, 5.41) is 2.83. The summed E-state index contributed by atoms with van der Waals surface area (Å²) in [6.07, 6.45) is 0.381. The van der Waals surface area contributed by atoms with Crippen LogP contribution in [0, 0.1) is 0 Å². The number of amides is 1. The molecule has 2 rings (SSSR count). The van der Waals surface area contributed by atoms with Crippen molar-refractivity contribution in [2.75, 3.05) is 19.0 Å². The van der Waals surface area contributed by atoms with Crippen LogP contribution in [0.25, 0.3) is 0 Å². The van der Waals surface area contributed by atoms with E-state index in [2.05, 4.69) is 5.32 Å². The number of nitrogens with zero attached hydrogens (tertiary/aromatic N) is 1. The molecule has 0 atom stereocenters. The molecule has 4 nitrogen and oxygen atoms in total. The van der Waals surface area contributed by atoms with E-state index < -0.39 is 0 Å². The van der Waals surface area contributed by atoms with Crippen molar-refractivity contribution in [3.05, 3.63) is 51.2 Å². The monoisotopic (exact) mass is 350 g/mol. The van der Waals surface area contributed by atoms with Crippen LogP contribution in [0.4, 0.5) is 5.69 Å². The Kier molecular flexibility index (Phi) is 6.19. The summed E-state index contributed by atoms with van der Waals surface area (Å²) in [4.78, 5) is 26.4. The number of hydrogen-bond acceptors (Lipinski definition) is 4. The van der Waals surface area contributed by atoms with Crippen molar-refractivity contribution in [1.29, 1.82) is 0 Å². The van der Waals surface area contributed by atoms with E-state index in [9.17, 15) is 9.59 Å². The molecule has 0 unspecified atom stereocenters. The maximum absolute atomic E-state index is 11.9. The average molecular weight is 351 g/mol. The molecular formula is C17H19ClN2O2S. The second-order valence-electron chi connectivity index (χ2n) is 5.36. The van der Waals surface area contributed by atoms with Crippen LogP contribution >= 0.6 is 22.9 Å². The van der Waals surface area contributed by atoms with Crippen LogP contribution in [0.2, 0.25) is 4.34 Å². The third kappa shape index (κ3) is 5.37. The Hall–Kier alpha value is -1.85. The largest absolute Gasteiger partial charge is 0.378 e. The number of thiophene rings is 1. The highest BCUT2D eigenvalue weighted by Crippen LogP contribution is 2.22. The van der Waals surface area contributed by atoms with Crippen molar-refractivity contribution in [1.82, 2.24) is 5.32 Å². The van der Waals surface area contributed by atoms with E-state index in [1.165, 1.54) is 11.3 Å². The first-order valence-electron chi connectivity index (χ1n) is 7.27. The maximum atomic E-state index is 11.9. The van der Waals surface area contributed by atoms with Gasteiger partial charge >= 0.3 is 0 Å². The van der Waals surface area contributed by atoms with E-state index in [4.69, 9.17) is 11.6 Å². The van der Waals surface area contributed by atoms with Gasteiger partial charge in [0.2, 0.25) is 5.91 Å². The van der Waals surface area contributed by atoms with Gasteiger partial charge in [-0.15, -0.1) is 11.3 Å². The van der Waals surface area contributed by atoms with Gasteiger partial charge in [-0.25, -0.2) is 0 Å². The highest BCUT2D eigenvalue weighted by atomic mass is 35.5. The van der Waals surface area contributed by atoms with Gasteiger partial charge in [-0.1, -0.05) is 23.7 Å². The van der Waals surface area contributed by atoms with Crippen molar-refractivity contribution in [3.8, 4) is 0 Å². The van der Waals surface area contributed by atoms with Gasteiger partial charge in [-0.2, -0.15) is 0 Å². The number of carbonyl (C=O) groups is 2. The van der Waals surface area contributed by atoms with Gasteiger partial charge in [0.1, 0.15) is 0 Å². The minimum Gasteiger partial charge on any atom is -0.378 e. The fraction of sp³-hybridized carbons (Fsp3) is 0.294. The highest BCUT2D eigenvalue weighted by molar-refractivity contribution is 7.18. The molecule has 0 aliphatic carbocycles. The van der Waals surface area contributed by atoms with Crippen molar-refractivity contribution in [2.24, 2.45) is 0 Å². The number of anilines is 1. The van der Waals surface area contributed by atoms with Crippen LogP contribution in [-0.4, -0.2) is 25.8 Å². The number of carbonyl (C=O) groups excluding carboxylic acids is 2. The lowest BCUT2D eigenvalue weighted by Gasteiger charge is -2.12. The minimum atomic E-state index is -0.127. The van der Waals surface area contributed by atoms with Crippen molar-refractivity contribution >= 4 is 40.3 Å². The van der Waals surface area contributed by atoms with Crippen molar-refractivity contribution < 1.29 is 9.59 Å². The van der Waals surface area contributed by atoms with Crippen LogP contribution in [0.3, 0.4) is 0 Å². The third-order valence-electron chi connectivity index (χ3n) is 3.37. The molecule has 23 heavy (non-hydrogen) atoms. The zero-order valence-electron chi connectivity index (χ0n) is 13.1. The molecule has 0 saturated heterocycles. The molecule has 1 amide bonds. The summed E-state index contributed by atoms with van der Waals surface area (Å²) in [6, 6.07) is 11.4. The molecule has 6 heteroatoms. The van der Waals surface area contributed by atoms with E-state index in [0.29, 0.717) is 15.8 Å². The molecule has 1 aromatic heterocycles. The summed E-state index contributed by atoms with van der Waals surface area (Å²) in [5.74, 6) is -0.176. The van der Waals surface area contributed by atoms with Crippen LogP contribution in [0.1, 0.15) is 28.1 Å². The first kappa shape index (κ1) is 17.5. The number of ketones is 1. The second-order valence-corrected chi connectivity index (χ2v) is 7.08. The molecule has 0 aliphatic heterocycles. The zero-order chi connectivity index (χ0) is 16.8. The third-order valence-corrected chi connectivity index (χ3v) is 4.64. The van der Waals surface area contributed by atoms with Crippen molar-refractivity contribution in [3.63, 3.8) is 0 Å². The summed E-state index contributed by atoms with van der Waals surface area (Å²) in [6.45, 7) is 0.464. The summed E-state index contributed by atoms with van der Waals surface area (Å²) in [5.41, 5.74) is 2.14. The number of Topliss-reactive ketones (excluding diaryl/α,β-unsaturated/α-hetero) is 1. The van der Waals surface area contributed by atoms with E-state index in [1.807, 2.05) is 43.3 Å². The fourth-order valence-electron chi connectivity index (χ4n) is 2.02. The number of rotatable bonds is 7. The molecule has 0 spiro atoms. The van der Waals surface area contributed by atoms with Crippen LogP contribution < -0.4 is 10.2 Å². The number of halogens is 1. The molecular weight excluding hydrogens is 332 g/mol. The lowest BCUT2D eigenvalue weighted by atomic mass is 10.1. The van der Waals surface area contributed by atoms with E-state index >= 15 is 0 Å². The van der Waals surface area contributed by atoms with Gasteiger partial charge in [-0.3, -0.25) is 9.59 Å². The Morgan fingerprint density at radius 2 is 1.78 bits per heavy atom. The Morgan fingerprint density at radius 3 is 2.35 bits per heavy atom. The minimum absolute atomic E-state index is 0.0487. The lowest BCUT2D eigenvalue weighted by Crippen LogP contribution is -2.23. The van der Waals surface area contributed by atoms with Gasteiger partial charge in [0.25, 0.3) is 0 Å².